The SMILES string of the molecule is CC1CCc2[nH]ccc2N(C)C1=O. The number of aryl methyl sites for hydroxylation is 1. The summed E-state index contributed by atoms with van der Waals surface area (Å²) in [6, 6.07) is 1.96. The first-order valence-corrected chi connectivity index (χ1v) is 4.64. The summed E-state index contributed by atoms with van der Waals surface area (Å²) in [5, 5.41) is 0. The van der Waals surface area contributed by atoms with E-state index in [-0.39, 0.29) is 11.8 Å². The fourth-order valence-electron chi connectivity index (χ4n) is 1.84. The predicted octanol–water partition coefficient (Wildman–Crippen LogP) is 1.56. The van der Waals surface area contributed by atoms with Crippen molar-refractivity contribution in [2.45, 2.75) is 19.8 Å². The van der Waals surface area contributed by atoms with E-state index in [1.54, 1.807) is 4.90 Å². The summed E-state index contributed by atoms with van der Waals surface area (Å²) in [5.41, 5.74) is 2.22. The predicted molar refractivity (Wildman–Crippen MR) is 51.7 cm³/mol. The van der Waals surface area contributed by atoms with Gasteiger partial charge in [-0.3, -0.25) is 4.79 Å². The third-order valence-corrected chi connectivity index (χ3v) is 2.75. The maximum Gasteiger partial charge on any atom is 0.229 e. The Kier molecular flexibility index (Phi) is 1.87. The van der Waals surface area contributed by atoms with Crippen molar-refractivity contribution in [2.24, 2.45) is 5.92 Å². The largest absolute Gasteiger partial charge is 0.363 e. The van der Waals surface area contributed by atoms with E-state index in [0.717, 1.165) is 18.5 Å². The number of nitrogens with zero attached hydrogens (tertiary/aromatic N) is 1. The van der Waals surface area contributed by atoms with Gasteiger partial charge >= 0.3 is 0 Å². The van der Waals surface area contributed by atoms with Crippen LogP contribution in [0.2, 0.25) is 0 Å². The van der Waals surface area contributed by atoms with Crippen molar-refractivity contribution in [1.29, 1.82) is 0 Å². The Labute approximate surface area is 77.7 Å². The first kappa shape index (κ1) is 8.35. The topological polar surface area (TPSA) is 36.1 Å². The molecule has 2 rings (SSSR count). The molecular weight excluding hydrogens is 164 g/mol. The zero-order chi connectivity index (χ0) is 9.42. The molecule has 1 aliphatic rings. The Hall–Kier alpha value is -1.25. The lowest BCUT2D eigenvalue weighted by Crippen LogP contribution is -2.29. The van der Waals surface area contributed by atoms with E-state index >= 15 is 0 Å². The van der Waals surface area contributed by atoms with Crippen molar-refractivity contribution in [3.8, 4) is 0 Å². The summed E-state index contributed by atoms with van der Waals surface area (Å²) in [5.74, 6) is 0.365. The smallest absolute Gasteiger partial charge is 0.229 e. The van der Waals surface area contributed by atoms with Gasteiger partial charge in [-0.1, -0.05) is 6.92 Å². The molecule has 1 aliphatic heterocycles. The number of aromatic amines is 1. The van der Waals surface area contributed by atoms with Gasteiger partial charge in [-0.25, -0.2) is 0 Å². The molecule has 1 atom stereocenters. The molecule has 0 aromatic carbocycles. The monoisotopic (exact) mass is 178 g/mol. The second-order valence-electron chi connectivity index (χ2n) is 3.68. The maximum atomic E-state index is 11.7. The van der Waals surface area contributed by atoms with E-state index in [1.165, 1.54) is 5.69 Å². The van der Waals surface area contributed by atoms with Gasteiger partial charge in [0.2, 0.25) is 5.91 Å². The summed E-state index contributed by atoms with van der Waals surface area (Å²) < 4.78 is 0. The van der Waals surface area contributed by atoms with Gasteiger partial charge in [-0.15, -0.1) is 0 Å². The van der Waals surface area contributed by atoms with E-state index < -0.39 is 0 Å². The number of nitrogens with one attached hydrogen (secondary N) is 1. The lowest BCUT2D eigenvalue weighted by Gasteiger charge is -2.17. The van der Waals surface area contributed by atoms with Gasteiger partial charge in [0.05, 0.1) is 5.69 Å². The van der Waals surface area contributed by atoms with Crippen molar-refractivity contribution >= 4 is 11.6 Å². The van der Waals surface area contributed by atoms with E-state index in [9.17, 15) is 4.79 Å². The number of aromatic nitrogens is 1. The Bertz CT molecular complexity index is 329. The molecule has 13 heavy (non-hydrogen) atoms. The van der Waals surface area contributed by atoms with Gasteiger partial charge in [-0.05, 0) is 18.9 Å². The molecule has 1 aromatic heterocycles. The average molecular weight is 178 g/mol. The zero-order valence-corrected chi connectivity index (χ0v) is 8.00. The summed E-state index contributed by atoms with van der Waals surface area (Å²) in [6.07, 6.45) is 3.81. The van der Waals surface area contributed by atoms with Crippen LogP contribution in [0.25, 0.3) is 0 Å². The quantitative estimate of drug-likeness (QED) is 0.643. The fraction of sp³-hybridized carbons (Fsp3) is 0.500. The number of hydrogen-bond acceptors (Lipinski definition) is 1. The fourth-order valence-corrected chi connectivity index (χ4v) is 1.84. The summed E-state index contributed by atoms with van der Waals surface area (Å²) in [7, 11) is 1.84. The molecule has 2 heterocycles. The second kappa shape index (κ2) is 2.91. The van der Waals surface area contributed by atoms with Crippen LogP contribution in [0, 0.1) is 5.92 Å². The van der Waals surface area contributed by atoms with Crippen LogP contribution in [0.3, 0.4) is 0 Å². The zero-order valence-electron chi connectivity index (χ0n) is 8.00. The molecule has 0 spiro atoms. The van der Waals surface area contributed by atoms with Crippen LogP contribution < -0.4 is 4.90 Å². The summed E-state index contributed by atoms with van der Waals surface area (Å²) >= 11 is 0. The molecule has 0 saturated carbocycles. The minimum Gasteiger partial charge on any atom is -0.363 e. The second-order valence-corrected chi connectivity index (χ2v) is 3.68. The lowest BCUT2D eigenvalue weighted by atomic mass is 10.1. The standard InChI is InChI=1S/C10H14N2O/c1-7-3-4-8-9(5-6-11-8)12(2)10(7)13/h5-7,11H,3-4H2,1-2H3. The molecule has 0 saturated heterocycles. The number of H-pyrrole nitrogens is 1. The van der Waals surface area contributed by atoms with E-state index in [0.29, 0.717) is 0 Å². The van der Waals surface area contributed by atoms with E-state index in [1.807, 2.05) is 26.2 Å². The van der Waals surface area contributed by atoms with Crippen LogP contribution >= 0.6 is 0 Å². The maximum absolute atomic E-state index is 11.7. The molecule has 1 aromatic rings. The van der Waals surface area contributed by atoms with Gasteiger partial charge in [0.15, 0.2) is 0 Å². The van der Waals surface area contributed by atoms with Crippen molar-refractivity contribution in [3.05, 3.63) is 18.0 Å². The number of rotatable bonds is 0. The number of carbonyl (C=O) groups excluding carboxylic acids is 1. The lowest BCUT2D eigenvalue weighted by molar-refractivity contribution is -0.121. The number of fused-ring (bicyclic) bond motifs is 1. The highest BCUT2D eigenvalue weighted by atomic mass is 16.2. The van der Waals surface area contributed by atoms with Gasteiger partial charge in [0.1, 0.15) is 0 Å². The van der Waals surface area contributed by atoms with E-state index in [2.05, 4.69) is 4.98 Å². The highest BCUT2D eigenvalue weighted by Crippen LogP contribution is 2.26. The van der Waals surface area contributed by atoms with Gasteiger partial charge in [-0.2, -0.15) is 0 Å². The first-order chi connectivity index (χ1) is 6.20. The van der Waals surface area contributed by atoms with Crippen molar-refractivity contribution in [1.82, 2.24) is 4.98 Å². The number of amides is 1. The summed E-state index contributed by atoms with van der Waals surface area (Å²) in [6.45, 7) is 1.99. The molecule has 1 unspecified atom stereocenters. The van der Waals surface area contributed by atoms with Gasteiger partial charge in [0.25, 0.3) is 0 Å². The highest BCUT2D eigenvalue weighted by molar-refractivity contribution is 5.95. The van der Waals surface area contributed by atoms with Gasteiger partial charge in [0, 0.05) is 24.9 Å². The highest BCUT2D eigenvalue weighted by Gasteiger charge is 2.24. The Morgan fingerprint density at radius 3 is 3.15 bits per heavy atom. The average Bonchev–Trinajstić information content (AvgIpc) is 2.56. The molecule has 1 N–H and O–H groups in total. The van der Waals surface area contributed by atoms with Crippen molar-refractivity contribution in [3.63, 3.8) is 0 Å². The van der Waals surface area contributed by atoms with E-state index in [4.69, 9.17) is 0 Å². The molecular formula is C10H14N2O. The third kappa shape index (κ3) is 1.24. The summed E-state index contributed by atoms with van der Waals surface area (Å²) in [4.78, 5) is 16.6. The molecule has 70 valence electrons. The number of carbonyl (C=O) groups is 1. The van der Waals surface area contributed by atoms with Crippen molar-refractivity contribution in [2.75, 3.05) is 11.9 Å². The third-order valence-electron chi connectivity index (χ3n) is 2.75. The number of anilines is 1. The molecule has 3 nitrogen and oxygen atoms in total. The Morgan fingerprint density at radius 1 is 1.62 bits per heavy atom. The molecule has 0 aliphatic carbocycles. The van der Waals surface area contributed by atoms with Crippen LogP contribution in [-0.2, 0) is 11.2 Å². The van der Waals surface area contributed by atoms with Crippen molar-refractivity contribution < 1.29 is 4.79 Å². The molecule has 0 bridgehead atoms. The Balaban J connectivity index is 2.40. The first-order valence-electron chi connectivity index (χ1n) is 4.64. The molecule has 0 radical (unpaired) electrons. The van der Waals surface area contributed by atoms with Crippen LogP contribution in [-0.4, -0.2) is 17.9 Å². The minimum absolute atomic E-state index is 0.144. The van der Waals surface area contributed by atoms with Crippen LogP contribution in [0.15, 0.2) is 12.3 Å². The van der Waals surface area contributed by atoms with Crippen LogP contribution in [0.1, 0.15) is 19.0 Å². The number of hydrogen-bond donors (Lipinski definition) is 1. The van der Waals surface area contributed by atoms with Crippen LogP contribution in [0.4, 0.5) is 5.69 Å². The van der Waals surface area contributed by atoms with Crippen LogP contribution in [0.5, 0.6) is 0 Å². The van der Waals surface area contributed by atoms with Gasteiger partial charge < -0.3 is 9.88 Å². The minimum atomic E-state index is 0.144. The normalized spacial score (nSPS) is 22.8. The molecule has 3 heteroatoms. The molecule has 0 fully saturated rings. The molecule has 1 amide bonds. The Morgan fingerprint density at radius 2 is 2.38 bits per heavy atom.